The molecule has 1 amide bonds. The molecule has 2 fully saturated rings. The van der Waals surface area contributed by atoms with Crippen LogP contribution in [0.1, 0.15) is 57.3 Å². The van der Waals surface area contributed by atoms with Gasteiger partial charge in [-0.15, -0.1) is 0 Å². The Morgan fingerprint density at radius 2 is 2.18 bits per heavy atom. The second-order valence-corrected chi connectivity index (χ2v) is 8.76. The summed E-state index contributed by atoms with van der Waals surface area (Å²) in [6.45, 7) is 4.55. The van der Waals surface area contributed by atoms with Crippen LogP contribution in [0, 0.1) is 6.92 Å². The summed E-state index contributed by atoms with van der Waals surface area (Å²) in [5.41, 5.74) is 3.51. The highest BCUT2D eigenvalue weighted by Gasteiger charge is 2.28. The summed E-state index contributed by atoms with van der Waals surface area (Å²) < 4.78 is 12.9. The number of likely N-dealkylation sites (tertiary alicyclic amines) is 1. The molecule has 0 aliphatic carbocycles. The lowest BCUT2D eigenvalue weighted by molar-refractivity contribution is 0.0548. The molecule has 9 heteroatoms. The largest absolute Gasteiger partial charge is 0.394 e. The molecule has 2 unspecified atom stereocenters. The van der Waals surface area contributed by atoms with Gasteiger partial charge in [-0.05, 0) is 62.2 Å². The lowest BCUT2D eigenvalue weighted by Gasteiger charge is -2.23. The van der Waals surface area contributed by atoms with E-state index in [9.17, 15) is 9.59 Å². The third-order valence-electron chi connectivity index (χ3n) is 6.48. The number of rotatable bonds is 8. The number of ether oxygens (including phenoxy) is 2. The molecule has 2 saturated heterocycles. The van der Waals surface area contributed by atoms with Gasteiger partial charge in [0.2, 0.25) is 0 Å². The molecule has 3 heterocycles. The van der Waals surface area contributed by atoms with E-state index in [1.165, 1.54) is 0 Å². The maximum absolute atomic E-state index is 13.0. The van der Waals surface area contributed by atoms with Crippen molar-refractivity contribution in [3.05, 3.63) is 46.8 Å². The normalized spacial score (nSPS) is 20.6. The van der Waals surface area contributed by atoms with E-state index in [1.54, 1.807) is 13.3 Å². The smallest absolute Gasteiger partial charge is 0.254 e. The molecule has 9 nitrogen and oxygen atoms in total. The molecule has 182 valence electrons. The van der Waals surface area contributed by atoms with Crippen molar-refractivity contribution >= 4 is 29.8 Å². The van der Waals surface area contributed by atoms with E-state index in [2.05, 4.69) is 10.6 Å². The number of anilines is 2. The number of carbonyl (C=O) groups excluding carboxylic acids is 2. The van der Waals surface area contributed by atoms with Crippen LogP contribution in [-0.2, 0) is 9.47 Å². The fourth-order valence-corrected chi connectivity index (χ4v) is 4.59. The fourth-order valence-electron chi connectivity index (χ4n) is 4.59. The lowest BCUT2D eigenvalue weighted by atomic mass is 10.1. The molecule has 1 aromatic carbocycles. The Morgan fingerprint density at radius 3 is 2.82 bits per heavy atom. The van der Waals surface area contributed by atoms with Gasteiger partial charge in [-0.1, -0.05) is 0 Å². The van der Waals surface area contributed by atoms with Crippen molar-refractivity contribution in [2.75, 3.05) is 45.8 Å². The van der Waals surface area contributed by atoms with Gasteiger partial charge < -0.3 is 25.0 Å². The van der Waals surface area contributed by atoms with Gasteiger partial charge in [0.15, 0.2) is 12.1 Å². The zero-order chi connectivity index (χ0) is 24.1. The van der Waals surface area contributed by atoms with Crippen LogP contribution in [0.2, 0.25) is 0 Å². The highest BCUT2D eigenvalue weighted by atomic mass is 16.5. The number of hydrogen-bond donors (Lipinski definition) is 2. The van der Waals surface area contributed by atoms with Crippen LogP contribution in [0.25, 0.3) is 6.08 Å². The van der Waals surface area contributed by atoms with E-state index >= 15 is 0 Å². The summed E-state index contributed by atoms with van der Waals surface area (Å²) in [6, 6.07) is 5.66. The summed E-state index contributed by atoms with van der Waals surface area (Å²) >= 11 is 0. The number of aryl methyl sites for hydroxylation is 1. The minimum atomic E-state index is 0.0123. The molecule has 1 aromatic heterocycles. The van der Waals surface area contributed by atoms with E-state index < -0.39 is 0 Å². The first-order chi connectivity index (χ1) is 16.5. The van der Waals surface area contributed by atoms with Crippen LogP contribution in [0.15, 0.2) is 24.4 Å². The van der Waals surface area contributed by atoms with Crippen molar-refractivity contribution < 1.29 is 19.1 Å². The van der Waals surface area contributed by atoms with Gasteiger partial charge in [-0.2, -0.15) is 5.10 Å². The summed E-state index contributed by atoms with van der Waals surface area (Å²) in [5.74, 6) is 0.496. The Balaban J connectivity index is 1.59. The van der Waals surface area contributed by atoms with Crippen LogP contribution in [-0.4, -0.2) is 73.4 Å². The fraction of sp³-hybridized carbons (Fsp3) is 0.480. The van der Waals surface area contributed by atoms with Gasteiger partial charge in [0, 0.05) is 45.1 Å². The number of nitrogens with zero attached hydrogens (tertiary/aromatic N) is 3. The molecule has 2 N–H and O–H groups in total. The van der Waals surface area contributed by atoms with Crippen LogP contribution in [0.4, 0.5) is 11.5 Å². The molecule has 0 radical (unpaired) electrons. The molecule has 2 atom stereocenters. The average molecular weight is 468 g/mol. The maximum atomic E-state index is 13.0. The summed E-state index contributed by atoms with van der Waals surface area (Å²) in [6.07, 6.45) is 7.32. The SMILES string of the molecule is CN/C=C\c1c(C=O)c(Nc2ccc(C(=O)N3CCC(OC)C3)c(C)c2)nn1C1CCCOC1. The Kier molecular flexibility index (Phi) is 7.64. The van der Waals surface area contributed by atoms with Crippen LogP contribution in [0.5, 0.6) is 0 Å². The maximum Gasteiger partial charge on any atom is 0.254 e. The van der Waals surface area contributed by atoms with Gasteiger partial charge in [-0.25, -0.2) is 0 Å². The number of hydrogen-bond acceptors (Lipinski definition) is 7. The van der Waals surface area contributed by atoms with Crippen molar-refractivity contribution in [1.29, 1.82) is 0 Å². The van der Waals surface area contributed by atoms with Gasteiger partial charge in [0.25, 0.3) is 5.91 Å². The first-order valence-corrected chi connectivity index (χ1v) is 11.7. The number of nitrogens with one attached hydrogen (secondary N) is 2. The molecule has 2 aromatic rings. The zero-order valence-electron chi connectivity index (χ0n) is 20.0. The van der Waals surface area contributed by atoms with Crippen molar-refractivity contribution in [2.24, 2.45) is 0 Å². The van der Waals surface area contributed by atoms with Gasteiger partial charge in [0.05, 0.1) is 30.0 Å². The predicted octanol–water partition coefficient (Wildman–Crippen LogP) is 3.15. The molecular weight excluding hydrogens is 434 g/mol. The molecule has 4 rings (SSSR count). The Hall–Kier alpha value is -3.17. The number of aromatic nitrogens is 2. The number of methoxy groups -OCH3 is 1. The van der Waals surface area contributed by atoms with Crippen molar-refractivity contribution in [2.45, 2.75) is 38.3 Å². The molecule has 2 aliphatic heterocycles. The lowest BCUT2D eigenvalue weighted by Crippen LogP contribution is -2.30. The van der Waals surface area contributed by atoms with E-state index in [1.807, 2.05) is 47.8 Å². The number of benzene rings is 1. The Morgan fingerprint density at radius 1 is 1.32 bits per heavy atom. The Bertz CT molecular complexity index is 1060. The summed E-state index contributed by atoms with van der Waals surface area (Å²) in [7, 11) is 3.49. The minimum absolute atomic E-state index is 0.0123. The van der Waals surface area contributed by atoms with Gasteiger partial charge in [0.1, 0.15) is 0 Å². The molecule has 2 aliphatic rings. The highest BCUT2D eigenvalue weighted by molar-refractivity contribution is 5.96. The number of amides is 1. The predicted molar refractivity (Wildman–Crippen MR) is 131 cm³/mol. The van der Waals surface area contributed by atoms with Crippen LogP contribution in [0.3, 0.4) is 0 Å². The summed E-state index contributed by atoms with van der Waals surface area (Å²) in [5, 5.41) is 11.0. The Labute approximate surface area is 200 Å². The van der Waals surface area contributed by atoms with E-state index in [0.717, 1.165) is 49.1 Å². The second-order valence-electron chi connectivity index (χ2n) is 8.76. The van der Waals surface area contributed by atoms with Crippen molar-refractivity contribution in [1.82, 2.24) is 20.0 Å². The van der Waals surface area contributed by atoms with Crippen LogP contribution >= 0.6 is 0 Å². The molecular formula is C25H33N5O4. The van der Waals surface area contributed by atoms with E-state index in [4.69, 9.17) is 14.6 Å². The first kappa shape index (κ1) is 24.0. The summed E-state index contributed by atoms with van der Waals surface area (Å²) in [4.78, 5) is 26.9. The topological polar surface area (TPSA) is 97.7 Å². The standard InChI is InChI=1S/C25H33N5O4/c1-17-13-18(6-7-21(17)25(32)29-11-9-20(14-29)33-3)27-24-22(15-31)23(8-10-26-2)30(28-24)19-5-4-12-34-16-19/h6-8,10,13,15,19-20,26H,4-5,9,11-12,14,16H2,1-3H3,(H,27,28)/b10-8-. The van der Waals surface area contributed by atoms with E-state index in [-0.39, 0.29) is 18.1 Å². The monoisotopic (exact) mass is 467 g/mol. The van der Waals surface area contributed by atoms with Gasteiger partial charge in [-0.3, -0.25) is 14.3 Å². The minimum Gasteiger partial charge on any atom is -0.394 e. The van der Waals surface area contributed by atoms with Crippen molar-refractivity contribution in [3.8, 4) is 0 Å². The number of carbonyl (C=O) groups is 2. The molecule has 0 bridgehead atoms. The first-order valence-electron chi connectivity index (χ1n) is 11.7. The number of aldehydes is 1. The van der Waals surface area contributed by atoms with Crippen LogP contribution < -0.4 is 10.6 Å². The zero-order valence-corrected chi connectivity index (χ0v) is 20.0. The molecule has 0 spiro atoms. The van der Waals surface area contributed by atoms with Crippen molar-refractivity contribution in [3.63, 3.8) is 0 Å². The second kappa shape index (κ2) is 10.8. The van der Waals surface area contributed by atoms with E-state index in [0.29, 0.717) is 36.6 Å². The molecule has 0 saturated carbocycles. The molecule has 34 heavy (non-hydrogen) atoms. The highest BCUT2D eigenvalue weighted by Crippen LogP contribution is 2.29. The third kappa shape index (κ3) is 5.00. The average Bonchev–Trinajstić information content (AvgIpc) is 3.47. The quantitative estimate of drug-likeness (QED) is 0.576. The van der Waals surface area contributed by atoms with Gasteiger partial charge >= 0.3 is 0 Å². The third-order valence-corrected chi connectivity index (χ3v) is 6.48.